The van der Waals surface area contributed by atoms with Crippen LogP contribution in [0.5, 0.6) is 0 Å². The molecule has 0 fully saturated rings. The minimum Gasteiger partial charge on any atom is -0.317 e. The summed E-state index contributed by atoms with van der Waals surface area (Å²) in [4.78, 5) is 34.4. The molecule has 0 unspecified atom stereocenters. The number of hydrogen-bond donors (Lipinski definition) is 0. The van der Waals surface area contributed by atoms with Crippen molar-refractivity contribution in [3.8, 4) is 0 Å². The highest BCUT2D eigenvalue weighted by molar-refractivity contribution is 6.76. The first kappa shape index (κ1) is 11.7. The third-order valence-corrected chi connectivity index (χ3v) is 2.14. The Kier molecular flexibility index (Phi) is 4.27. The second-order valence-corrected chi connectivity index (χ2v) is 3.43. The molecule has 0 atom stereocenters. The van der Waals surface area contributed by atoms with Crippen molar-refractivity contribution in [1.29, 1.82) is 0 Å². The zero-order valence-electron chi connectivity index (χ0n) is 8.73. The molecular formula is C10H13BNO3. The Morgan fingerprint density at radius 2 is 1.87 bits per heavy atom. The topological polar surface area (TPSA) is 54.5 Å². The molecule has 79 valence electrons. The predicted molar refractivity (Wildman–Crippen MR) is 55.9 cm³/mol. The number of carbonyl (C=O) groups is 3. The summed E-state index contributed by atoms with van der Waals surface area (Å²) in [5.41, 5.74) is -0.172. The minimum absolute atomic E-state index is 0.172. The Hall–Kier alpha value is -1.39. The van der Waals surface area contributed by atoms with Gasteiger partial charge in [-0.15, -0.1) is 0 Å². The number of unbranched alkanes of at least 4 members (excludes halogenated alkanes) is 2. The first-order valence-electron chi connectivity index (χ1n) is 5.08. The van der Waals surface area contributed by atoms with E-state index in [2.05, 4.69) is 0 Å². The highest BCUT2D eigenvalue weighted by atomic mass is 16.2. The molecule has 4 nitrogen and oxygen atoms in total. The molecule has 0 aliphatic carbocycles. The average molecular weight is 206 g/mol. The van der Waals surface area contributed by atoms with Gasteiger partial charge < -0.3 is 9.61 Å². The number of hydrogen-bond acceptors (Lipinski definition) is 3. The van der Waals surface area contributed by atoms with Crippen LogP contribution in [0.1, 0.15) is 32.6 Å². The molecule has 2 amide bonds. The van der Waals surface area contributed by atoms with Crippen LogP contribution in [0.3, 0.4) is 0 Å². The van der Waals surface area contributed by atoms with Crippen molar-refractivity contribution in [1.82, 2.24) is 4.81 Å². The van der Waals surface area contributed by atoms with Crippen molar-refractivity contribution in [2.24, 2.45) is 0 Å². The monoisotopic (exact) mass is 206 g/mol. The van der Waals surface area contributed by atoms with Crippen LogP contribution in [0, 0.1) is 0 Å². The van der Waals surface area contributed by atoms with E-state index in [1.165, 1.54) is 0 Å². The first-order valence-corrected chi connectivity index (χ1v) is 5.08. The number of imide groups is 1. The van der Waals surface area contributed by atoms with Gasteiger partial charge in [-0.25, -0.2) is 0 Å². The molecule has 1 radical (unpaired) electrons. The molecule has 1 rings (SSSR count). The van der Waals surface area contributed by atoms with E-state index < -0.39 is 11.8 Å². The second kappa shape index (κ2) is 5.48. The van der Waals surface area contributed by atoms with E-state index in [1.807, 2.05) is 6.92 Å². The molecule has 1 aliphatic heterocycles. The van der Waals surface area contributed by atoms with Gasteiger partial charge in [0.1, 0.15) is 5.68 Å². The van der Waals surface area contributed by atoms with Crippen LogP contribution in [-0.2, 0) is 14.4 Å². The predicted octanol–water partition coefficient (Wildman–Crippen LogP) is 0.637. The van der Waals surface area contributed by atoms with Gasteiger partial charge in [0, 0.05) is 12.2 Å². The molecule has 5 heteroatoms. The van der Waals surface area contributed by atoms with E-state index in [0.29, 0.717) is 6.42 Å². The van der Waals surface area contributed by atoms with Gasteiger partial charge in [-0.05, 0) is 12.8 Å². The Morgan fingerprint density at radius 1 is 1.27 bits per heavy atom. The second-order valence-electron chi connectivity index (χ2n) is 3.43. The third kappa shape index (κ3) is 3.34. The van der Waals surface area contributed by atoms with E-state index in [-0.39, 0.29) is 5.68 Å². The zero-order valence-corrected chi connectivity index (χ0v) is 8.73. The fourth-order valence-electron chi connectivity index (χ4n) is 1.30. The van der Waals surface area contributed by atoms with Gasteiger partial charge in [0.15, 0.2) is 0 Å². The van der Waals surface area contributed by atoms with Crippen LogP contribution in [0.2, 0.25) is 0 Å². The van der Waals surface area contributed by atoms with Crippen molar-refractivity contribution in [3.05, 3.63) is 12.2 Å². The molecule has 0 bridgehead atoms. The van der Waals surface area contributed by atoms with E-state index >= 15 is 0 Å². The lowest BCUT2D eigenvalue weighted by molar-refractivity contribution is -0.132. The zero-order chi connectivity index (χ0) is 11.3. The van der Waals surface area contributed by atoms with E-state index in [9.17, 15) is 14.4 Å². The molecule has 15 heavy (non-hydrogen) atoms. The maximum Gasteiger partial charge on any atom is 0.345 e. The van der Waals surface area contributed by atoms with Crippen molar-refractivity contribution < 1.29 is 14.4 Å². The van der Waals surface area contributed by atoms with Gasteiger partial charge in [-0.3, -0.25) is 9.59 Å². The lowest BCUT2D eigenvalue weighted by Gasteiger charge is -2.10. The van der Waals surface area contributed by atoms with Crippen LogP contribution in [0.4, 0.5) is 0 Å². The van der Waals surface area contributed by atoms with Gasteiger partial charge in [-0.2, -0.15) is 0 Å². The van der Waals surface area contributed by atoms with Crippen molar-refractivity contribution in [2.75, 3.05) is 0 Å². The van der Waals surface area contributed by atoms with E-state index in [4.69, 9.17) is 0 Å². The fourth-order valence-corrected chi connectivity index (χ4v) is 1.30. The summed E-state index contributed by atoms with van der Waals surface area (Å²) in [5, 5.41) is 0. The number of rotatable bonds is 6. The Bertz CT molecular complexity index is 294. The molecule has 1 aliphatic rings. The van der Waals surface area contributed by atoms with Crippen molar-refractivity contribution in [2.45, 2.75) is 32.6 Å². The standard InChI is InChI=1S/C10H13BNO3/c1-2-3-4-5-8(13)11-12-9(14)6-7-10(12)15/h6-7H,2-5H2,1H3. The molecule has 0 saturated carbocycles. The summed E-state index contributed by atoms with van der Waals surface area (Å²) in [6.45, 7) is 2.05. The summed E-state index contributed by atoms with van der Waals surface area (Å²) in [5.74, 6) is -0.882. The van der Waals surface area contributed by atoms with Gasteiger partial charge in [0.2, 0.25) is 11.8 Å². The molecular weight excluding hydrogens is 193 g/mol. The molecule has 0 aromatic rings. The molecule has 0 saturated heterocycles. The summed E-state index contributed by atoms with van der Waals surface area (Å²) in [6.07, 6.45) is 5.55. The minimum atomic E-state index is -0.441. The van der Waals surface area contributed by atoms with Gasteiger partial charge in [-0.1, -0.05) is 19.8 Å². The molecule has 0 N–H and O–H groups in total. The highest BCUT2D eigenvalue weighted by Gasteiger charge is 2.26. The van der Waals surface area contributed by atoms with Crippen LogP contribution in [0.15, 0.2) is 12.2 Å². The van der Waals surface area contributed by atoms with Crippen LogP contribution < -0.4 is 0 Å². The molecule has 0 aromatic carbocycles. The van der Waals surface area contributed by atoms with Crippen molar-refractivity contribution >= 4 is 24.9 Å². The van der Waals surface area contributed by atoms with Crippen LogP contribution in [0.25, 0.3) is 0 Å². The van der Waals surface area contributed by atoms with Crippen LogP contribution in [-0.4, -0.2) is 29.7 Å². The smallest absolute Gasteiger partial charge is 0.317 e. The van der Waals surface area contributed by atoms with E-state index in [0.717, 1.165) is 43.6 Å². The lowest BCUT2D eigenvalue weighted by atomic mass is 9.81. The Labute approximate surface area is 89.6 Å². The number of amides is 2. The largest absolute Gasteiger partial charge is 0.345 e. The first-order chi connectivity index (χ1) is 7.15. The van der Waals surface area contributed by atoms with Gasteiger partial charge >= 0.3 is 7.41 Å². The average Bonchev–Trinajstić information content (AvgIpc) is 2.50. The maximum absolute atomic E-state index is 11.3. The summed E-state index contributed by atoms with van der Waals surface area (Å²) >= 11 is 0. The number of nitrogens with zero attached hydrogens (tertiary/aromatic N) is 1. The van der Waals surface area contributed by atoms with Gasteiger partial charge in [0.25, 0.3) is 0 Å². The maximum atomic E-state index is 11.3. The molecule has 0 aromatic heterocycles. The summed E-state index contributed by atoms with van der Waals surface area (Å²) in [7, 11) is 1.10. The molecule has 0 spiro atoms. The quantitative estimate of drug-likeness (QED) is 0.364. The van der Waals surface area contributed by atoms with Crippen LogP contribution >= 0.6 is 0 Å². The highest BCUT2D eigenvalue weighted by Crippen LogP contribution is 2.04. The number of carbonyl (C=O) groups excluding carboxylic acids is 3. The lowest BCUT2D eigenvalue weighted by Crippen LogP contribution is -2.38. The van der Waals surface area contributed by atoms with Crippen molar-refractivity contribution in [3.63, 3.8) is 0 Å². The molecule has 1 heterocycles. The normalized spacial score (nSPS) is 14.9. The summed E-state index contributed by atoms with van der Waals surface area (Å²) < 4.78 is 0. The Morgan fingerprint density at radius 3 is 2.40 bits per heavy atom. The fraction of sp³-hybridized carbons (Fsp3) is 0.500. The van der Waals surface area contributed by atoms with Gasteiger partial charge in [0.05, 0.1) is 0 Å². The van der Waals surface area contributed by atoms with E-state index in [1.54, 1.807) is 0 Å². The third-order valence-electron chi connectivity index (χ3n) is 2.14. The Balaban J connectivity index is 2.32. The SMILES string of the molecule is CCCCCC(=O)[B]N1C(=O)C=CC1=O. The summed E-state index contributed by atoms with van der Waals surface area (Å²) in [6, 6.07) is 0.